The van der Waals surface area contributed by atoms with E-state index in [1.807, 2.05) is 25.1 Å². The molecule has 1 aliphatic heterocycles. The highest BCUT2D eigenvalue weighted by molar-refractivity contribution is 6.32. The number of rotatable bonds is 6. The first-order valence-corrected chi connectivity index (χ1v) is 8.26. The highest BCUT2D eigenvalue weighted by Crippen LogP contribution is 2.27. The molecule has 1 N–H and O–H groups in total. The molecule has 0 bridgehead atoms. The average Bonchev–Trinajstić information content (AvgIpc) is 2.43. The van der Waals surface area contributed by atoms with Gasteiger partial charge in [0.1, 0.15) is 5.75 Å². The van der Waals surface area contributed by atoms with Gasteiger partial charge >= 0.3 is 0 Å². The Morgan fingerprint density at radius 1 is 1.25 bits per heavy atom. The molecule has 0 aliphatic carbocycles. The van der Waals surface area contributed by atoms with Crippen LogP contribution in [0.5, 0.6) is 5.75 Å². The Bertz CT molecular complexity index is 393. The zero-order valence-corrected chi connectivity index (χ0v) is 13.5. The van der Waals surface area contributed by atoms with Gasteiger partial charge < -0.3 is 9.64 Å². The lowest BCUT2D eigenvalue weighted by Gasteiger charge is -2.27. The summed E-state index contributed by atoms with van der Waals surface area (Å²) in [5, 5.41) is 0.723. The fraction of sp³-hybridized carbons (Fsp3) is 0.647. The van der Waals surface area contributed by atoms with E-state index >= 15 is 0 Å². The van der Waals surface area contributed by atoms with Gasteiger partial charge in [-0.15, -0.1) is 0 Å². The third-order valence-corrected chi connectivity index (χ3v) is 4.61. The second kappa shape index (κ2) is 7.90. The van der Waals surface area contributed by atoms with Crippen LogP contribution in [0.3, 0.4) is 0 Å². The summed E-state index contributed by atoms with van der Waals surface area (Å²) in [7, 11) is 0. The van der Waals surface area contributed by atoms with Crippen LogP contribution in [-0.4, -0.2) is 26.2 Å². The largest absolute Gasteiger partial charge is 0.492 e. The second-order valence-corrected chi connectivity index (χ2v) is 6.53. The first kappa shape index (κ1) is 15.7. The van der Waals surface area contributed by atoms with Crippen LogP contribution in [0.25, 0.3) is 0 Å². The SMILES string of the molecule is Cc1cccc(Cl)c1OCCCC[NH+]1CCC(C)CC1. The van der Waals surface area contributed by atoms with Crippen LogP contribution in [-0.2, 0) is 0 Å². The van der Waals surface area contributed by atoms with Gasteiger partial charge in [0.25, 0.3) is 0 Å². The number of unbranched alkanes of at least 4 members (excludes halogenated alkanes) is 1. The molecule has 0 spiro atoms. The van der Waals surface area contributed by atoms with Crippen molar-refractivity contribution in [3.05, 3.63) is 28.8 Å². The van der Waals surface area contributed by atoms with E-state index in [1.54, 1.807) is 4.90 Å². The number of nitrogens with one attached hydrogen (secondary N) is 1. The first-order valence-electron chi connectivity index (χ1n) is 7.88. The number of para-hydroxylation sites is 1. The summed E-state index contributed by atoms with van der Waals surface area (Å²) in [6, 6.07) is 5.90. The topological polar surface area (TPSA) is 13.7 Å². The Hall–Kier alpha value is -0.730. The van der Waals surface area contributed by atoms with Crippen molar-refractivity contribution in [2.24, 2.45) is 5.92 Å². The van der Waals surface area contributed by atoms with Gasteiger partial charge in [0, 0.05) is 0 Å². The Morgan fingerprint density at radius 2 is 2.00 bits per heavy atom. The Balaban J connectivity index is 1.62. The van der Waals surface area contributed by atoms with Crippen LogP contribution in [0.2, 0.25) is 5.02 Å². The summed E-state index contributed by atoms with van der Waals surface area (Å²) in [6.45, 7) is 9.18. The summed E-state index contributed by atoms with van der Waals surface area (Å²) >= 11 is 6.15. The molecule has 3 heteroatoms. The minimum atomic E-state index is 0.723. The highest BCUT2D eigenvalue weighted by Gasteiger charge is 2.17. The maximum Gasteiger partial charge on any atom is 0.140 e. The monoisotopic (exact) mass is 296 g/mol. The molecule has 112 valence electrons. The molecule has 0 aromatic heterocycles. The molecule has 2 nitrogen and oxygen atoms in total. The van der Waals surface area contributed by atoms with Gasteiger partial charge in [0.15, 0.2) is 0 Å². The lowest BCUT2D eigenvalue weighted by atomic mass is 9.99. The predicted molar refractivity (Wildman–Crippen MR) is 84.9 cm³/mol. The molecule has 0 radical (unpaired) electrons. The molecular weight excluding hydrogens is 270 g/mol. The second-order valence-electron chi connectivity index (χ2n) is 6.12. The van der Waals surface area contributed by atoms with Gasteiger partial charge in [-0.05, 0) is 50.2 Å². The summed E-state index contributed by atoms with van der Waals surface area (Å²) in [6.07, 6.45) is 5.15. The number of halogens is 1. The molecule has 0 unspecified atom stereocenters. The molecule has 0 saturated carbocycles. The molecule has 1 heterocycles. The van der Waals surface area contributed by atoms with Crippen molar-refractivity contribution in [1.82, 2.24) is 0 Å². The Labute approximate surface area is 128 Å². The van der Waals surface area contributed by atoms with Gasteiger partial charge in [-0.2, -0.15) is 0 Å². The van der Waals surface area contributed by atoms with Crippen molar-refractivity contribution in [3.63, 3.8) is 0 Å². The fourth-order valence-corrected chi connectivity index (χ4v) is 3.15. The number of aryl methyl sites for hydroxylation is 1. The molecule has 1 aliphatic rings. The van der Waals surface area contributed by atoms with Gasteiger partial charge in [0.2, 0.25) is 0 Å². The zero-order valence-electron chi connectivity index (χ0n) is 12.8. The maximum absolute atomic E-state index is 6.15. The number of quaternary nitrogens is 1. The summed E-state index contributed by atoms with van der Waals surface area (Å²) < 4.78 is 5.83. The number of ether oxygens (including phenoxy) is 1. The zero-order chi connectivity index (χ0) is 14.4. The molecular formula is C17H27ClNO+. The predicted octanol–water partition coefficient (Wildman–Crippen LogP) is 3.12. The van der Waals surface area contributed by atoms with Crippen LogP contribution < -0.4 is 9.64 Å². The van der Waals surface area contributed by atoms with E-state index in [9.17, 15) is 0 Å². The highest BCUT2D eigenvalue weighted by atomic mass is 35.5. The summed E-state index contributed by atoms with van der Waals surface area (Å²) in [5.41, 5.74) is 1.12. The minimum Gasteiger partial charge on any atom is -0.492 e. The van der Waals surface area contributed by atoms with Crippen LogP contribution in [0.1, 0.15) is 38.2 Å². The van der Waals surface area contributed by atoms with Crippen molar-refractivity contribution >= 4 is 11.6 Å². The smallest absolute Gasteiger partial charge is 0.140 e. The lowest BCUT2D eigenvalue weighted by Crippen LogP contribution is -3.13. The fourth-order valence-electron chi connectivity index (χ4n) is 2.87. The van der Waals surface area contributed by atoms with Crippen molar-refractivity contribution in [2.75, 3.05) is 26.2 Å². The summed E-state index contributed by atoms with van der Waals surface area (Å²) in [4.78, 5) is 1.78. The summed E-state index contributed by atoms with van der Waals surface area (Å²) in [5.74, 6) is 1.79. The van der Waals surface area contributed by atoms with Gasteiger partial charge in [-0.1, -0.05) is 30.7 Å². The van der Waals surface area contributed by atoms with E-state index in [1.165, 1.54) is 38.9 Å². The third kappa shape index (κ3) is 4.68. The molecule has 20 heavy (non-hydrogen) atoms. The first-order chi connectivity index (χ1) is 9.66. The van der Waals surface area contributed by atoms with Gasteiger partial charge in [0.05, 0.1) is 31.3 Å². The molecule has 1 aromatic carbocycles. The van der Waals surface area contributed by atoms with E-state index in [0.717, 1.165) is 35.3 Å². The molecule has 1 fully saturated rings. The van der Waals surface area contributed by atoms with E-state index in [4.69, 9.17) is 16.3 Å². The van der Waals surface area contributed by atoms with Crippen molar-refractivity contribution in [2.45, 2.75) is 39.5 Å². The molecule has 0 atom stereocenters. The number of likely N-dealkylation sites (tertiary alicyclic amines) is 1. The van der Waals surface area contributed by atoms with E-state index in [0.29, 0.717) is 0 Å². The van der Waals surface area contributed by atoms with E-state index in [-0.39, 0.29) is 0 Å². The maximum atomic E-state index is 6.15. The van der Waals surface area contributed by atoms with Gasteiger partial charge in [-0.3, -0.25) is 0 Å². The average molecular weight is 297 g/mol. The lowest BCUT2D eigenvalue weighted by molar-refractivity contribution is -0.906. The quantitative estimate of drug-likeness (QED) is 0.796. The number of hydrogen-bond donors (Lipinski definition) is 1. The van der Waals surface area contributed by atoms with E-state index in [2.05, 4.69) is 6.92 Å². The minimum absolute atomic E-state index is 0.723. The molecule has 1 aromatic rings. The number of hydrogen-bond acceptors (Lipinski definition) is 1. The van der Waals surface area contributed by atoms with Crippen LogP contribution in [0.15, 0.2) is 18.2 Å². The number of benzene rings is 1. The van der Waals surface area contributed by atoms with Crippen LogP contribution >= 0.6 is 11.6 Å². The number of piperidine rings is 1. The standard InChI is InChI=1S/C17H26ClNO/c1-14-8-11-19(12-9-14)10-3-4-13-20-17-15(2)6-5-7-16(17)18/h5-7,14H,3-4,8-13H2,1-2H3/p+1. The van der Waals surface area contributed by atoms with Crippen molar-refractivity contribution in [1.29, 1.82) is 0 Å². The Kier molecular flexibility index (Phi) is 6.18. The Morgan fingerprint density at radius 3 is 2.70 bits per heavy atom. The normalized spacial score (nSPS) is 22.8. The van der Waals surface area contributed by atoms with E-state index < -0.39 is 0 Å². The van der Waals surface area contributed by atoms with Crippen LogP contribution in [0.4, 0.5) is 0 Å². The van der Waals surface area contributed by atoms with Gasteiger partial charge in [-0.25, -0.2) is 0 Å². The molecule has 1 saturated heterocycles. The van der Waals surface area contributed by atoms with Crippen LogP contribution in [0, 0.1) is 12.8 Å². The molecule has 2 rings (SSSR count). The van der Waals surface area contributed by atoms with Crippen molar-refractivity contribution in [3.8, 4) is 5.75 Å². The molecule has 0 amide bonds. The van der Waals surface area contributed by atoms with Crippen molar-refractivity contribution < 1.29 is 9.64 Å². The third-order valence-electron chi connectivity index (χ3n) is 4.32.